The minimum Gasteiger partial charge on any atom is -0.460 e. The molecule has 0 amide bonds. The number of nitrogens with one attached hydrogen (secondary N) is 1. The van der Waals surface area contributed by atoms with E-state index in [0.29, 0.717) is 6.01 Å². The quantitative estimate of drug-likeness (QED) is 0.632. The lowest BCUT2D eigenvalue weighted by molar-refractivity contribution is 0.0217. The van der Waals surface area contributed by atoms with E-state index in [1.807, 2.05) is 32.4 Å². The number of pyridine rings is 1. The van der Waals surface area contributed by atoms with Gasteiger partial charge in [-0.25, -0.2) is 15.0 Å². The SMILES string of the molecule is CN(C)Cc1ccc(Nc2ncc(-c3ccnc(OC4CCOCC4)n3)s2)nc1. The highest BCUT2D eigenvalue weighted by atomic mass is 32.1. The number of ether oxygens (including phenoxy) is 2. The molecule has 0 atom stereocenters. The summed E-state index contributed by atoms with van der Waals surface area (Å²) in [5, 5.41) is 4.01. The smallest absolute Gasteiger partial charge is 0.317 e. The Morgan fingerprint density at radius 1 is 1.14 bits per heavy atom. The van der Waals surface area contributed by atoms with E-state index in [1.165, 1.54) is 16.9 Å². The van der Waals surface area contributed by atoms with Crippen molar-refractivity contribution in [3.05, 3.63) is 42.4 Å². The van der Waals surface area contributed by atoms with E-state index in [-0.39, 0.29) is 6.10 Å². The van der Waals surface area contributed by atoms with Gasteiger partial charge < -0.3 is 19.7 Å². The van der Waals surface area contributed by atoms with E-state index in [4.69, 9.17) is 9.47 Å². The van der Waals surface area contributed by atoms with Crippen molar-refractivity contribution < 1.29 is 9.47 Å². The Morgan fingerprint density at radius 2 is 2.00 bits per heavy atom. The van der Waals surface area contributed by atoms with Gasteiger partial charge in [0.15, 0.2) is 5.13 Å². The summed E-state index contributed by atoms with van der Waals surface area (Å²) in [6.45, 7) is 2.30. The topological polar surface area (TPSA) is 85.3 Å². The predicted octanol–water partition coefficient (Wildman–Crippen LogP) is 3.36. The maximum atomic E-state index is 5.91. The van der Waals surface area contributed by atoms with Crippen LogP contribution in [-0.4, -0.2) is 58.2 Å². The molecule has 3 aromatic rings. The van der Waals surface area contributed by atoms with Crippen LogP contribution in [0.5, 0.6) is 6.01 Å². The van der Waals surface area contributed by atoms with Gasteiger partial charge in [-0.05, 0) is 31.8 Å². The molecule has 1 fully saturated rings. The summed E-state index contributed by atoms with van der Waals surface area (Å²) in [4.78, 5) is 20.7. The molecule has 4 rings (SSSR count). The average Bonchev–Trinajstić information content (AvgIpc) is 3.19. The van der Waals surface area contributed by atoms with E-state index in [2.05, 4.69) is 36.2 Å². The molecule has 0 spiro atoms. The molecule has 1 saturated heterocycles. The standard InChI is InChI=1S/C20H24N6O2S/c1-26(2)13-14-3-4-18(22-11-14)25-20-23-12-17(29-20)16-5-8-21-19(24-16)28-15-6-9-27-10-7-15/h3-5,8,11-12,15H,6-7,9-10,13H2,1-2H3,(H,22,23,25). The van der Waals surface area contributed by atoms with Crippen LogP contribution in [0.4, 0.5) is 10.9 Å². The fourth-order valence-corrected chi connectivity index (χ4v) is 3.79. The summed E-state index contributed by atoms with van der Waals surface area (Å²) in [5.41, 5.74) is 1.96. The minimum atomic E-state index is 0.110. The second kappa shape index (κ2) is 9.25. The number of nitrogens with zero attached hydrogens (tertiary/aromatic N) is 5. The fourth-order valence-electron chi connectivity index (χ4n) is 2.99. The Labute approximate surface area is 174 Å². The first kappa shape index (κ1) is 19.7. The van der Waals surface area contributed by atoms with Crippen molar-refractivity contribution in [1.29, 1.82) is 0 Å². The predicted molar refractivity (Wildman–Crippen MR) is 113 cm³/mol. The lowest BCUT2D eigenvalue weighted by Gasteiger charge is -2.22. The third-order valence-electron chi connectivity index (χ3n) is 4.39. The average molecular weight is 413 g/mol. The molecule has 0 saturated carbocycles. The van der Waals surface area contributed by atoms with Gasteiger partial charge in [0.1, 0.15) is 11.9 Å². The van der Waals surface area contributed by atoms with Crippen LogP contribution in [0.3, 0.4) is 0 Å². The molecule has 4 heterocycles. The van der Waals surface area contributed by atoms with E-state index in [0.717, 1.165) is 54.1 Å². The first-order chi connectivity index (χ1) is 14.2. The summed E-state index contributed by atoms with van der Waals surface area (Å²) in [5.74, 6) is 0.764. The third-order valence-corrected chi connectivity index (χ3v) is 5.33. The molecule has 8 nitrogen and oxygen atoms in total. The maximum Gasteiger partial charge on any atom is 0.317 e. The monoisotopic (exact) mass is 412 g/mol. The highest BCUT2D eigenvalue weighted by molar-refractivity contribution is 7.18. The zero-order chi connectivity index (χ0) is 20.1. The molecule has 0 unspecified atom stereocenters. The van der Waals surface area contributed by atoms with Crippen LogP contribution in [0.25, 0.3) is 10.6 Å². The van der Waals surface area contributed by atoms with E-state index >= 15 is 0 Å². The minimum absolute atomic E-state index is 0.110. The Bertz CT molecular complexity index is 925. The van der Waals surface area contributed by atoms with Crippen molar-refractivity contribution in [2.24, 2.45) is 0 Å². The highest BCUT2D eigenvalue weighted by Crippen LogP contribution is 2.30. The van der Waals surface area contributed by atoms with Crippen molar-refractivity contribution in [2.75, 3.05) is 32.6 Å². The van der Waals surface area contributed by atoms with Gasteiger partial charge in [-0.15, -0.1) is 0 Å². The zero-order valence-electron chi connectivity index (χ0n) is 16.5. The molecular formula is C20H24N6O2S. The van der Waals surface area contributed by atoms with Gasteiger partial charge in [-0.1, -0.05) is 17.4 Å². The number of hydrogen-bond donors (Lipinski definition) is 1. The van der Waals surface area contributed by atoms with Crippen LogP contribution in [0.15, 0.2) is 36.8 Å². The van der Waals surface area contributed by atoms with Gasteiger partial charge in [0.25, 0.3) is 0 Å². The van der Waals surface area contributed by atoms with Crippen LogP contribution in [-0.2, 0) is 11.3 Å². The largest absolute Gasteiger partial charge is 0.460 e. The van der Waals surface area contributed by atoms with Crippen molar-refractivity contribution in [1.82, 2.24) is 24.8 Å². The van der Waals surface area contributed by atoms with Crippen molar-refractivity contribution in [2.45, 2.75) is 25.5 Å². The number of anilines is 2. The van der Waals surface area contributed by atoms with Crippen LogP contribution in [0.1, 0.15) is 18.4 Å². The second-order valence-electron chi connectivity index (χ2n) is 7.10. The van der Waals surface area contributed by atoms with Crippen molar-refractivity contribution >= 4 is 22.3 Å². The van der Waals surface area contributed by atoms with Gasteiger partial charge in [-0.3, -0.25) is 0 Å². The molecule has 0 radical (unpaired) electrons. The summed E-state index contributed by atoms with van der Waals surface area (Å²) in [7, 11) is 4.08. The summed E-state index contributed by atoms with van der Waals surface area (Å²) < 4.78 is 11.3. The number of rotatable bonds is 7. The zero-order valence-corrected chi connectivity index (χ0v) is 17.4. The van der Waals surface area contributed by atoms with Gasteiger partial charge in [0.05, 0.1) is 23.8 Å². The molecule has 29 heavy (non-hydrogen) atoms. The van der Waals surface area contributed by atoms with E-state index in [1.54, 1.807) is 12.4 Å². The molecule has 1 aliphatic heterocycles. The van der Waals surface area contributed by atoms with Crippen LogP contribution < -0.4 is 10.1 Å². The Kier molecular flexibility index (Phi) is 6.28. The van der Waals surface area contributed by atoms with Crippen LogP contribution in [0.2, 0.25) is 0 Å². The highest BCUT2D eigenvalue weighted by Gasteiger charge is 2.17. The molecule has 0 aromatic carbocycles. The summed E-state index contributed by atoms with van der Waals surface area (Å²) >= 11 is 1.51. The number of aromatic nitrogens is 4. The van der Waals surface area contributed by atoms with Gasteiger partial charge in [0, 0.05) is 38.0 Å². The Morgan fingerprint density at radius 3 is 2.76 bits per heavy atom. The van der Waals surface area contributed by atoms with Gasteiger partial charge in [0.2, 0.25) is 0 Å². The van der Waals surface area contributed by atoms with Crippen molar-refractivity contribution in [3.8, 4) is 16.6 Å². The molecule has 0 bridgehead atoms. The molecule has 3 aromatic heterocycles. The van der Waals surface area contributed by atoms with E-state index < -0.39 is 0 Å². The summed E-state index contributed by atoms with van der Waals surface area (Å²) in [6.07, 6.45) is 7.23. The van der Waals surface area contributed by atoms with Crippen LogP contribution >= 0.6 is 11.3 Å². The molecular weight excluding hydrogens is 388 g/mol. The maximum absolute atomic E-state index is 5.91. The van der Waals surface area contributed by atoms with Crippen molar-refractivity contribution in [3.63, 3.8) is 0 Å². The fraction of sp³-hybridized carbons (Fsp3) is 0.400. The second-order valence-corrected chi connectivity index (χ2v) is 8.13. The normalized spacial score (nSPS) is 14.9. The lowest BCUT2D eigenvalue weighted by Crippen LogP contribution is -2.26. The molecule has 9 heteroatoms. The molecule has 0 aliphatic carbocycles. The number of hydrogen-bond acceptors (Lipinski definition) is 9. The summed E-state index contributed by atoms with van der Waals surface area (Å²) in [6, 6.07) is 6.29. The molecule has 1 aliphatic rings. The van der Waals surface area contributed by atoms with Crippen LogP contribution in [0, 0.1) is 0 Å². The first-order valence-corrected chi connectivity index (χ1v) is 10.4. The molecule has 152 valence electrons. The van der Waals surface area contributed by atoms with Gasteiger partial charge >= 0.3 is 6.01 Å². The lowest BCUT2D eigenvalue weighted by atomic mass is 10.2. The molecule has 1 N–H and O–H groups in total. The number of thiazole rings is 1. The van der Waals surface area contributed by atoms with E-state index in [9.17, 15) is 0 Å². The Hall–Kier alpha value is -2.62. The first-order valence-electron chi connectivity index (χ1n) is 9.56. The Balaban J connectivity index is 1.41. The van der Waals surface area contributed by atoms with Gasteiger partial charge in [-0.2, -0.15) is 4.98 Å². The third kappa shape index (κ3) is 5.47.